The van der Waals surface area contributed by atoms with Gasteiger partial charge < -0.3 is 14.8 Å². The summed E-state index contributed by atoms with van der Waals surface area (Å²) in [5, 5.41) is 2.99. The molecule has 0 saturated heterocycles. The molecule has 0 bridgehead atoms. The molecular formula is C18H27NO3. The average molecular weight is 305 g/mol. The number of aryl methyl sites for hydroxylation is 1. The number of rotatable bonds is 6. The van der Waals surface area contributed by atoms with E-state index in [2.05, 4.69) is 19.2 Å². The van der Waals surface area contributed by atoms with Gasteiger partial charge in [0.25, 0.3) is 5.91 Å². The number of benzene rings is 1. The summed E-state index contributed by atoms with van der Waals surface area (Å²) in [6.45, 7) is 6.93. The fourth-order valence-corrected chi connectivity index (χ4v) is 2.86. The highest BCUT2D eigenvalue weighted by atomic mass is 16.5. The fourth-order valence-electron chi connectivity index (χ4n) is 2.86. The monoisotopic (exact) mass is 305 g/mol. The van der Waals surface area contributed by atoms with Crippen molar-refractivity contribution in [3.05, 3.63) is 23.8 Å². The molecule has 0 heterocycles. The van der Waals surface area contributed by atoms with Crippen LogP contribution in [0, 0.1) is 12.8 Å². The summed E-state index contributed by atoms with van der Waals surface area (Å²) in [5.74, 6) is 1.32. The molecule has 1 aliphatic carbocycles. The van der Waals surface area contributed by atoms with E-state index in [9.17, 15) is 4.79 Å². The first-order chi connectivity index (χ1) is 10.5. The number of carbonyl (C=O) groups excluding carboxylic acids is 1. The third kappa shape index (κ3) is 3.80. The Kier molecular flexibility index (Phi) is 5.46. The van der Waals surface area contributed by atoms with Crippen LogP contribution in [-0.4, -0.2) is 25.2 Å². The predicted molar refractivity (Wildman–Crippen MR) is 88.3 cm³/mol. The highest BCUT2D eigenvalue weighted by molar-refractivity contribution is 5.97. The van der Waals surface area contributed by atoms with Gasteiger partial charge in [0.1, 0.15) is 11.4 Å². The van der Waals surface area contributed by atoms with Crippen molar-refractivity contribution < 1.29 is 14.3 Å². The molecule has 0 aliphatic heterocycles. The second-order valence-electron chi connectivity index (χ2n) is 6.54. The summed E-state index contributed by atoms with van der Waals surface area (Å²) in [6, 6.07) is 5.76. The topological polar surface area (TPSA) is 47.6 Å². The molecule has 0 spiro atoms. The van der Waals surface area contributed by atoms with Gasteiger partial charge in [-0.3, -0.25) is 4.79 Å². The van der Waals surface area contributed by atoms with Gasteiger partial charge in [-0.2, -0.15) is 0 Å². The zero-order chi connectivity index (χ0) is 16.2. The Morgan fingerprint density at radius 2 is 2.00 bits per heavy atom. The molecule has 1 N–H and O–H groups in total. The summed E-state index contributed by atoms with van der Waals surface area (Å²) >= 11 is 0. The minimum absolute atomic E-state index is 0.0391. The zero-order valence-electron chi connectivity index (χ0n) is 14.1. The summed E-state index contributed by atoms with van der Waals surface area (Å²) < 4.78 is 11.3. The van der Waals surface area contributed by atoms with Gasteiger partial charge >= 0.3 is 0 Å². The molecule has 1 amide bonds. The Hall–Kier alpha value is -1.55. The van der Waals surface area contributed by atoms with Gasteiger partial charge in [0.05, 0.1) is 6.61 Å². The lowest BCUT2D eigenvalue weighted by Gasteiger charge is -2.26. The predicted octanol–water partition coefficient (Wildman–Crippen LogP) is 3.93. The zero-order valence-corrected chi connectivity index (χ0v) is 14.1. The van der Waals surface area contributed by atoms with E-state index in [1.54, 1.807) is 7.11 Å². The van der Waals surface area contributed by atoms with Crippen LogP contribution in [0.2, 0.25) is 0 Å². The molecule has 4 heteroatoms. The maximum absolute atomic E-state index is 12.5. The smallest absolute Gasteiger partial charge is 0.256 e. The number of carbonyl (C=O) groups is 1. The molecule has 122 valence electrons. The van der Waals surface area contributed by atoms with Gasteiger partial charge in [0.15, 0.2) is 0 Å². The van der Waals surface area contributed by atoms with E-state index in [0.717, 1.165) is 42.7 Å². The molecule has 0 unspecified atom stereocenters. The van der Waals surface area contributed by atoms with E-state index in [0.29, 0.717) is 12.5 Å². The van der Waals surface area contributed by atoms with E-state index < -0.39 is 5.60 Å². The Labute approximate surface area is 133 Å². The van der Waals surface area contributed by atoms with Gasteiger partial charge in [-0.1, -0.05) is 13.8 Å². The summed E-state index contributed by atoms with van der Waals surface area (Å²) in [4.78, 5) is 12.5. The molecule has 22 heavy (non-hydrogen) atoms. The van der Waals surface area contributed by atoms with Gasteiger partial charge in [0, 0.05) is 12.8 Å². The van der Waals surface area contributed by atoms with Crippen molar-refractivity contribution in [2.75, 3.05) is 19.0 Å². The maximum atomic E-state index is 12.5. The van der Waals surface area contributed by atoms with Crippen molar-refractivity contribution in [2.24, 2.45) is 5.92 Å². The summed E-state index contributed by atoms with van der Waals surface area (Å²) in [6.07, 6.45) is 3.68. The lowest BCUT2D eigenvalue weighted by Crippen LogP contribution is -2.42. The SMILES string of the molecule is COC1(C(=O)Nc2ccc(OCC(C)C)c(C)c2)CCCC1. The number of ether oxygens (including phenoxy) is 2. The number of amides is 1. The standard InChI is InChI=1S/C18H27NO3/c1-13(2)12-22-16-8-7-15(11-14(16)3)19-17(20)18(21-4)9-5-6-10-18/h7-8,11,13H,5-6,9-10,12H2,1-4H3,(H,19,20). The number of hydrogen-bond acceptors (Lipinski definition) is 3. The molecule has 2 rings (SSSR count). The van der Waals surface area contributed by atoms with Crippen molar-refractivity contribution in [1.29, 1.82) is 0 Å². The first-order valence-corrected chi connectivity index (χ1v) is 8.07. The molecule has 1 saturated carbocycles. The van der Waals surface area contributed by atoms with Crippen LogP contribution in [0.3, 0.4) is 0 Å². The van der Waals surface area contributed by atoms with Crippen LogP contribution >= 0.6 is 0 Å². The molecule has 0 aromatic heterocycles. The van der Waals surface area contributed by atoms with E-state index in [4.69, 9.17) is 9.47 Å². The van der Waals surface area contributed by atoms with Crippen molar-refractivity contribution >= 4 is 11.6 Å². The Morgan fingerprint density at radius 1 is 1.32 bits per heavy atom. The van der Waals surface area contributed by atoms with Gasteiger partial charge in [-0.15, -0.1) is 0 Å². The van der Waals surface area contributed by atoms with Crippen LogP contribution in [0.4, 0.5) is 5.69 Å². The number of hydrogen-bond donors (Lipinski definition) is 1. The molecule has 1 aromatic rings. The largest absolute Gasteiger partial charge is 0.493 e. The van der Waals surface area contributed by atoms with Gasteiger partial charge in [0.2, 0.25) is 0 Å². The van der Waals surface area contributed by atoms with Crippen LogP contribution in [0.5, 0.6) is 5.75 Å². The van der Waals surface area contributed by atoms with E-state index in [1.165, 1.54) is 0 Å². The van der Waals surface area contributed by atoms with Crippen molar-refractivity contribution in [2.45, 2.75) is 52.1 Å². The van der Waals surface area contributed by atoms with Crippen molar-refractivity contribution in [3.8, 4) is 5.75 Å². The van der Waals surface area contributed by atoms with E-state index in [1.807, 2.05) is 25.1 Å². The van der Waals surface area contributed by atoms with Crippen molar-refractivity contribution in [3.63, 3.8) is 0 Å². The first kappa shape index (κ1) is 16.8. The van der Waals surface area contributed by atoms with Crippen LogP contribution in [0.15, 0.2) is 18.2 Å². The van der Waals surface area contributed by atoms with E-state index >= 15 is 0 Å². The minimum Gasteiger partial charge on any atom is -0.493 e. The highest BCUT2D eigenvalue weighted by Gasteiger charge is 2.41. The van der Waals surface area contributed by atoms with Crippen LogP contribution < -0.4 is 10.1 Å². The van der Waals surface area contributed by atoms with Gasteiger partial charge in [-0.25, -0.2) is 0 Å². The van der Waals surface area contributed by atoms with Crippen LogP contribution in [-0.2, 0) is 9.53 Å². The number of anilines is 1. The molecule has 1 aromatic carbocycles. The molecule has 1 aliphatic rings. The minimum atomic E-state index is -0.652. The highest BCUT2D eigenvalue weighted by Crippen LogP contribution is 2.34. The third-order valence-corrected chi connectivity index (χ3v) is 4.22. The van der Waals surface area contributed by atoms with E-state index in [-0.39, 0.29) is 5.91 Å². The fraction of sp³-hybridized carbons (Fsp3) is 0.611. The summed E-state index contributed by atoms with van der Waals surface area (Å²) in [5.41, 5.74) is 1.17. The Bertz CT molecular complexity index is 519. The van der Waals surface area contributed by atoms with Crippen LogP contribution in [0.1, 0.15) is 45.1 Å². The van der Waals surface area contributed by atoms with Crippen molar-refractivity contribution in [1.82, 2.24) is 0 Å². The molecule has 4 nitrogen and oxygen atoms in total. The Morgan fingerprint density at radius 3 is 2.55 bits per heavy atom. The maximum Gasteiger partial charge on any atom is 0.256 e. The first-order valence-electron chi connectivity index (χ1n) is 8.07. The molecular weight excluding hydrogens is 278 g/mol. The normalized spacial score (nSPS) is 16.8. The Balaban J connectivity index is 2.04. The van der Waals surface area contributed by atoms with Gasteiger partial charge in [-0.05, 0) is 62.3 Å². The molecule has 0 atom stereocenters. The second kappa shape index (κ2) is 7.14. The second-order valence-corrected chi connectivity index (χ2v) is 6.54. The number of methoxy groups -OCH3 is 1. The molecule has 0 radical (unpaired) electrons. The third-order valence-electron chi connectivity index (χ3n) is 4.22. The average Bonchev–Trinajstić information content (AvgIpc) is 2.96. The van der Waals surface area contributed by atoms with Crippen LogP contribution in [0.25, 0.3) is 0 Å². The lowest BCUT2D eigenvalue weighted by atomic mass is 10.0. The summed E-state index contributed by atoms with van der Waals surface area (Å²) in [7, 11) is 1.62. The molecule has 1 fully saturated rings. The number of nitrogens with one attached hydrogen (secondary N) is 1. The lowest BCUT2D eigenvalue weighted by molar-refractivity contribution is -0.136. The quantitative estimate of drug-likeness (QED) is 0.866.